The Morgan fingerprint density at radius 1 is 0.438 bits per heavy atom. The second-order valence-electron chi connectivity index (χ2n) is 8.78. The molecule has 0 N–H and O–H groups in total. The molecule has 2 nitrogen and oxygen atoms in total. The fourth-order valence-electron chi connectivity index (χ4n) is 4.74. The summed E-state index contributed by atoms with van der Waals surface area (Å²) in [7, 11) is 0. The predicted molar refractivity (Wildman–Crippen MR) is 128 cm³/mol. The van der Waals surface area contributed by atoms with Crippen molar-refractivity contribution < 1.29 is 9.78 Å². The molecule has 0 amide bonds. The van der Waals surface area contributed by atoms with Gasteiger partial charge in [0.25, 0.3) is 0 Å². The summed E-state index contributed by atoms with van der Waals surface area (Å²) in [5.74, 6) is 0. The van der Waals surface area contributed by atoms with Gasteiger partial charge in [-0.3, -0.25) is 0 Å². The molecule has 1 saturated heterocycles. The van der Waals surface area contributed by atoms with Gasteiger partial charge in [0, 0.05) is 0 Å². The summed E-state index contributed by atoms with van der Waals surface area (Å²) in [5, 5.41) is 0. The highest BCUT2D eigenvalue weighted by Crippen LogP contribution is 2.50. The van der Waals surface area contributed by atoms with Crippen LogP contribution in [0.25, 0.3) is 0 Å². The van der Waals surface area contributed by atoms with Crippen molar-refractivity contribution in [2.75, 3.05) is 0 Å². The summed E-state index contributed by atoms with van der Waals surface area (Å²) in [6.07, 6.45) is 1.59. The number of benzene rings is 4. The highest BCUT2D eigenvalue weighted by Gasteiger charge is 2.49. The molecule has 2 heteroatoms. The number of rotatable bonds is 4. The van der Waals surface area contributed by atoms with Crippen molar-refractivity contribution in [3.63, 3.8) is 0 Å². The van der Waals surface area contributed by atoms with Gasteiger partial charge in [-0.1, -0.05) is 120 Å². The van der Waals surface area contributed by atoms with E-state index in [1.54, 1.807) is 0 Å². The molecule has 32 heavy (non-hydrogen) atoms. The van der Waals surface area contributed by atoms with E-state index in [4.69, 9.17) is 9.78 Å². The van der Waals surface area contributed by atoms with E-state index in [9.17, 15) is 0 Å². The van der Waals surface area contributed by atoms with E-state index >= 15 is 0 Å². The van der Waals surface area contributed by atoms with Crippen molar-refractivity contribution in [1.29, 1.82) is 0 Å². The smallest absolute Gasteiger partial charge is 0.154 e. The number of hydrogen-bond acceptors (Lipinski definition) is 2. The summed E-state index contributed by atoms with van der Waals surface area (Å²) in [5.41, 5.74) is 5.58. The van der Waals surface area contributed by atoms with Gasteiger partial charge in [-0.05, 0) is 48.9 Å². The van der Waals surface area contributed by atoms with E-state index in [1.807, 2.05) is 12.1 Å². The summed E-state index contributed by atoms with van der Waals surface area (Å²) >= 11 is 0. The minimum absolute atomic E-state index is 0.655. The molecule has 0 bridgehead atoms. The molecule has 1 heterocycles. The van der Waals surface area contributed by atoms with Crippen LogP contribution in [0.4, 0.5) is 0 Å². The molecule has 0 radical (unpaired) electrons. The highest BCUT2D eigenvalue weighted by molar-refractivity contribution is 5.42. The van der Waals surface area contributed by atoms with E-state index in [1.165, 1.54) is 11.1 Å². The third-order valence-corrected chi connectivity index (χ3v) is 6.67. The molecular weight excluding hydrogens is 392 g/mol. The van der Waals surface area contributed by atoms with Crippen LogP contribution in [0.3, 0.4) is 0 Å². The Hall–Kier alpha value is -3.20. The second-order valence-corrected chi connectivity index (χ2v) is 8.78. The maximum atomic E-state index is 6.53. The number of hydrogen-bond donors (Lipinski definition) is 0. The van der Waals surface area contributed by atoms with Crippen LogP contribution in [0.2, 0.25) is 0 Å². The van der Waals surface area contributed by atoms with Gasteiger partial charge < -0.3 is 0 Å². The Bertz CT molecular complexity index is 1060. The van der Waals surface area contributed by atoms with Crippen molar-refractivity contribution in [1.82, 2.24) is 0 Å². The molecule has 4 aromatic carbocycles. The summed E-state index contributed by atoms with van der Waals surface area (Å²) < 4.78 is 0. The lowest BCUT2D eigenvalue weighted by Crippen LogP contribution is -2.45. The molecule has 160 valence electrons. The van der Waals surface area contributed by atoms with E-state index in [2.05, 4.69) is 111 Å². The van der Waals surface area contributed by atoms with Crippen molar-refractivity contribution in [2.45, 2.75) is 37.9 Å². The van der Waals surface area contributed by atoms with Gasteiger partial charge in [0.05, 0.1) is 0 Å². The molecule has 2 atom stereocenters. The zero-order chi connectivity index (χ0) is 22.0. The second kappa shape index (κ2) is 8.38. The molecule has 4 aromatic rings. The fourth-order valence-corrected chi connectivity index (χ4v) is 4.74. The maximum Gasteiger partial charge on any atom is 0.154 e. The van der Waals surface area contributed by atoms with Gasteiger partial charge >= 0.3 is 0 Å². The molecule has 5 rings (SSSR count). The number of aryl methyl sites for hydroxylation is 2. The van der Waals surface area contributed by atoms with Crippen LogP contribution >= 0.6 is 0 Å². The van der Waals surface area contributed by atoms with Crippen LogP contribution in [0.1, 0.15) is 46.2 Å². The molecule has 0 saturated carbocycles. The summed E-state index contributed by atoms with van der Waals surface area (Å²) in [4.78, 5) is 13.1. The standard InChI is InChI=1S/C30H28O2/c1-23-13-17-27(18-14-23)29(25-9-5-3-6-10-25)21-22-30(32-31-29,26-11-7-4-8-12-26)28-19-15-24(2)16-20-28/h3-20H,21-22H2,1-2H3. The lowest BCUT2D eigenvalue weighted by atomic mass is 9.74. The van der Waals surface area contributed by atoms with Crippen molar-refractivity contribution >= 4 is 0 Å². The van der Waals surface area contributed by atoms with Gasteiger partial charge in [0.15, 0.2) is 11.2 Å². The SMILES string of the molecule is Cc1ccc(C2(c3ccccc3)CCC(c3ccccc3)(c3ccc(C)cc3)OO2)cc1. The monoisotopic (exact) mass is 420 g/mol. The van der Waals surface area contributed by atoms with Crippen LogP contribution < -0.4 is 0 Å². The molecule has 0 aliphatic carbocycles. The highest BCUT2D eigenvalue weighted by atomic mass is 17.2. The van der Waals surface area contributed by atoms with Crippen molar-refractivity contribution in [3.05, 3.63) is 143 Å². The first-order valence-corrected chi connectivity index (χ1v) is 11.2. The predicted octanol–water partition coefficient (Wildman–Crippen LogP) is 7.23. The van der Waals surface area contributed by atoms with Gasteiger partial charge in [-0.25, -0.2) is 9.78 Å². The molecule has 0 spiro atoms. The van der Waals surface area contributed by atoms with Crippen LogP contribution in [-0.2, 0) is 21.0 Å². The average molecular weight is 421 g/mol. The third kappa shape index (κ3) is 3.56. The zero-order valence-electron chi connectivity index (χ0n) is 18.6. The lowest BCUT2D eigenvalue weighted by Gasteiger charge is -2.46. The minimum Gasteiger partial charge on any atom is -0.219 e. The van der Waals surface area contributed by atoms with Gasteiger partial charge in [-0.15, -0.1) is 0 Å². The van der Waals surface area contributed by atoms with Crippen molar-refractivity contribution in [3.8, 4) is 0 Å². The van der Waals surface area contributed by atoms with Crippen LogP contribution in [0.15, 0.2) is 109 Å². The molecule has 2 unspecified atom stereocenters. The summed E-state index contributed by atoms with van der Waals surface area (Å²) in [6, 6.07) is 38.1. The average Bonchev–Trinajstić information content (AvgIpc) is 2.86. The molecular formula is C30H28O2. The topological polar surface area (TPSA) is 18.5 Å². The Balaban J connectivity index is 1.61. The Morgan fingerprint density at radius 2 is 0.750 bits per heavy atom. The molecule has 0 aromatic heterocycles. The van der Waals surface area contributed by atoms with E-state index < -0.39 is 11.2 Å². The van der Waals surface area contributed by atoms with Crippen LogP contribution in [0.5, 0.6) is 0 Å². The van der Waals surface area contributed by atoms with E-state index in [0.717, 1.165) is 35.1 Å². The Morgan fingerprint density at radius 3 is 1.06 bits per heavy atom. The van der Waals surface area contributed by atoms with E-state index in [-0.39, 0.29) is 0 Å². The fraction of sp³-hybridized carbons (Fsp3) is 0.200. The largest absolute Gasteiger partial charge is 0.219 e. The van der Waals surface area contributed by atoms with Crippen molar-refractivity contribution in [2.24, 2.45) is 0 Å². The lowest BCUT2D eigenvalue weighted by molar-refractivity contribution is -0.432. The van der Waals surface area contributed by atoms with Gasteiger partial charge in [-0.2, -0.15) is 0 Å². The Kier molecular flexibility index (Phi) is 5.42. The Labute approximate surface area is 190 Å². The zero-order valence-corrected chi connectivity index (χ0v) is 18.6. The first-order valence-electron chi connectivity index (χ1n) is 11.2. The molecule has 1 aliphatic rings. The first-order chi connectivity index (χ1) is 15.6. The normalized spacial score (nSPS) is 23.1. The van der Waals surface area contributed by atoms with Gasteiger partial charge in [0.1, 0.15) is 0 Å². The van der Waals surface area contributed by atoms with Gasteiger partial charge in [0.2, 0.25) is 0 Å². The molecule has 1 fully saturated rings. The first kappa shape index (κ1) is 20.7. The maximum absolute atomic E-state index is 6.53. The summed E-state index contributed by atoms with van der Waals surface area (Å²) in [6.45, 7) is 4.21. The van der Waals surface area contributed by atoms with E-state index in [0.29, 0.717) is 0 Å². The van der Waals surface area contributed by atoms with Crippen LogP contribution in [-0.4, -0.2) is 0 Å². The quantitative estimate of drug-likeness (QED) is 0.324. The third-order valence-electron chi connectivity index (χ3n) is 6.67. The van der Waals surface area contributed by atoms with Crippen LogP contribution in [0, 0.1) is 13.8 Å². The minimum atomic E-state index is -0.655. The molecule has 1 aliphatic heterocycles.